The number of carbonyl (C=O) groups excluding carboxylic acids is 1. The van der Waals surface area contributed by atoms with E-state index < -0.39 is 0 Å². The highest BCUT2D eigenvalue weighted by Gasteiger charge is 2.09. The number of nitrogens with zero attached hydrogens (tertiary/aromatic N) is 2. The van der Waals surface area contributed by atoms with Gasteiger partial charge in [0.05, 0.1) is 18.2 Å². The van der Waals surface area contributed by atoms with Crippen molar-refractivity contribution in [2.24, 2.45) is 0 Å². The van der Waals surface area contributed by atoms with Gasteiger partial charge in [-0.25, -0.2) is 4.98 Å². The largest absolute Gasteiger partial charge is 0.439 e. The second kappa shape index (κ2) is 8.83. The topological polar surface area (TPSA) is 75.0 Å². The van der Waals surface area contributed by atoms with Gasteiger partial charge in [0.15, 0.2) is 0 Å². The lowest BCUT2D eigenvalue weighted by Gasteiger charge is -2.10. The third kappa shape index (κ3) is 4.74. The molecule has 3 aromatic rings. The first kappa shape index (κ1) is 19.1. The van der Waals surface area contributed by atoms with Crippen LogP contribution >= 0.6 is 0 Å². The van der Waals surface area contributed by atoms with Crippen LogP contribution in [0.3, 0.4) is 0 Å². The number of aromatic nitrogens is 1. The van der Waals surface area contributed by atoms with Gasteiger partial charge in [0.2, 0.25) is 5.88 Å². The van der Waals surface area contributed by atoms with Crippen molar-refractivity contribution >= 4 is 5.91 Å². The third-order valence-electron chi connectivity index (χ3n) is 4.21. The van der Waals surface area contributed by atoms with Gasteiger partial charge in [0, 0.05) is 23.7 Å². The van der Waals surface area contributed by atoms with Crippen molar-refractivity contribution in [3.63, 3.8) is 0 Å². The first-order valence-corrected chi connectivity index (χ1v) is 9.04. The molecule has 0 fully saturated rings. The Morgan fingerprint density at radius 3 is 2.71 bits per heavy atom. The van der Waals surface area contributed by atoms with Crippen molar-refractivity contribution in [2.45, 2.75) is 20.3 Å². The predicted octanol–water partition coefficient (Wildman–Crippen LogP) is 4.80. The van der Waals surface area contributed by atoms with Crippen LogP contribution in [-0.4, -0.2) is 17.4 Å². The number of ether oxygens (including phenoxy) is 1. The van der Waals surface area contributed by atoms with Crippen LogP contribution in [0.25, 0.3) is 11.3 Å². The van der Waals surface area contributed by atoms with E-state index in [-0.39, 0.29) is 12.3 Å². The molecular formula is C23H21N3O2. The Hall–Kier alpha value is -3.65. The molecule has 0 radical (unpaired) electrons. The first-order valence-electron chi connectivity index (χ1n) is 9.04. The second-order valence-electron chi connectivity index (χ2n) is 6.48. The van der Waals surface area contributed by atoms with E-state index in [0.29, 0.717) is 23.7 Å². The lowest BCUT2D eigenvalue weighted by molar-refractivity contribution is 0.0954. The van der Waals surface area contributed by atoms with Crippen molar-refractivity contribution < 1.29 is 9.53 Å². The van der Waals surface area contributed by atoms with E-state index in [9.17, 15) is 4.79 Å². The molecule has 0 atom stereocenters. The predicted molar refractivity (Wildman–Crippen MR) is 108 cm³/mol. The van der Waals surface area contributed by atoms with Crippen LogP contribution in [0.2, 0.25) is 0 Å². The fraction of sp³-hybridized carbons (Fsp3) is 0.174. The SMILES string of the molecule is Cc1ccc(Oc2cccc(-c3cccc(C(=O)NCCC#N)c3)n2)c(C)c1. The Balaban J connectivity index is 1.81. The Kier molecular flexibility index (Phi) is 6.03. The average Bonchev–Trinajstić information content (AvgIpc) is 2.70. The summed E-state index contributed by atoms with van der Waals surface area (Å²) in [7, 11) is 0. The maximum absolute atomic E-state index is 12.2. The van der Waals surface area contributed by atoms with E-state index >= 15 is 0 Å². The van der Waals surface area contributed by atoms with E-state index in [1.54, 1.807) is 18.2 Å². The minimum atomic E-state index is -0.209. The average molecular weight is 371 g/mol. The first-order chi connectivity index (χ1) is 13.6. The van der Waals surface area contributed by atoms with Crippen LogP contribution in [0, 0.1) is 25.2 Å². The number of amides is 1. The maximum atomic E-state index is 12.2. The quantitative estimate of drug-likeness (QED) is 0.632. The number of nitrogens with one attached hydrogen (secondary N) is 1. The molecule has 0 aliphatic heterocycles. The fourth-order valence-corrected chi connectivity index (χ4v) is 2.81. The Morgan fingerprint density at radius 2 is 1.93 bits per heavy atom. The summed E-state index contributed by atoms with van der Waals surface area (Å²) < 4.78 is 5.95. The number of rotatable bonds is 6. The summed E-state index contributed by atoms with van der Waals surface area (Å²) in [6.07, 6.45) is 0.283. The molecule has 1 N–H and O–H groups in total. The smallest absolute Gasteiger partial charge is 0.251 e. The number of aryl methyl sites for hydroxylation is 2. The molecule has 140 valence electrons. The normalized spacial score (nSPS) is 10.2. The monoisotopic (exact) mass is 371 g/mol. The molecule has 0 saturated heterocycles. The second-order valence-corrected chi connectivity index (χ2v) is 6.48. The Bertz CT molecular complexity index is 1040. The van der Waals surface area contributed by atoms with Gasteiger partial charge < -0.3 is 10.1 Å². The van der Waals surface area contributed by atoms with Crippen molar-refractivity contribution in [3.05, 3.63) is 77.4 Å². The minimum absolute atomic E-state index is 0.209. The summed E-state index contributed by atoms with van der Waals surface area (Å²) in [5.41, 5.74) is 4.28. The van der Waals surface area contributed by atoms with Gasteiger partial charge in [-0.3, -0.25) is 4.79 Å². The number of hydrogen-bond donors (Lipinski definition) is 1. The number of nitriles is 1. The van der Waals surface area contributed by atoms with Gasteiger partial charge in [0.1, 0.15) is 5.75 Å². The lowest BCUT2D eigenvalue weighted by Crippen LogP contribution is -2.24. The van der Waals surface area contributed by atoms with Gasteiger partial charge in [-0.1, -0.05) is 35.9 Å². The molecule has 1 aromatic heterocycles. The zero-order chi connectivity index (χ0) is 19.9. The van der Waals surface area contributed by atoms with E-state index in [1.807, 2.05) is 56.3 Å². The Labute approximate surface area is 164 Å². The number of benzene rings is 2. The fourth-order valence-electron chi connectivity index (χ4n) is 2.81. The summed E-state index contributed by atoms with van der Waals surface area (Å²) in [5.74, 6) is 1.05. The number of hydrogen-bond acceptors (Lipinski definition) is 4. The number of carbonyl (C=O) groups is 1. The molecule has 0 saturated carbocycles. The molecule has 3 rings (SSSR count). The van der Waals surface area contributed by atoms with Crippen molar-refractivity contribution in [1.82, 2.24) is 10.3 Å². The molecule has 5 nitrogen and oxygen atoms in total. The van der Waals surface area contributed by atoms with Gasteiger partial charge in [0.25, 0.3) is 5.91 Å². The highest BCUT2D eigenvalue weighted by molar-refractivity contribution is 5.95. The molecule has 1 amide bonds. The zero-order valence-electron chi connectivity index (χ0n) is 15.9. The summed E-state index contributed by atoms with van der Waals surface area (Å²) in [6, 6.07) is 20.8. The summed E-state index contributed by atoms with van der Waals surface area (Å²) in [6.45, 7) is 4.37. The van der Waals surface area contributed by atoms with Crippen molar-refractivity contribution in [1.29, 1.82) is 5.26 Å². The Morgan fingerprint density at radius 1 is 1.11 bits per heavy atom. The van der Waals surface area contributed by atoms with Crippen molar-refractivity contribution in [2.75, 3.05) is 6.54 Å². The summed E-state index contributed by atoms with van der Waals surface area (Å²) >= 11 is 0. The van der Waals surface area contributed by atoms with Gasteiger partial charge >= 0.3 is 0 Å². The highest BCUT2D eigenvalue weighted by Crippen LogP contribution is 2.27. The minimum Gasteiger partial charge on any atom is -0.439 e. The zero-order valence-corrected chi connectivity index (χ0v) is 15.9. The van der Waals surface area contributed by atoms with E-state index in [1.165, 1.54) is 5.56 Å². The molecule has 0 aliphatic rings. The molecule has 0 unspecified atom stereocenters. The molecule has 5 heteroatoms. The standard InChI is InChI=1S/C23H21N3O2/c1-16-10-11-21(17(2)14-16)28-22-9-4-8-20(26-22)18-6-3-7-19(15-18)23(27)25-13-5-12-24/h3-4,6-11,14-15H,5,13H2,1-2H3,(H,25,27). The van der Waals surface area contributed by atoms with Crippen LogP contribution in [-0.2, 0) is 0 Å². The maximum Gasteiger partial charge on any atom is 0.251 e. The van der Waals surface area contributed by atoms with Gasteiger partial charge in [-0.2, -0.15) is 5.26 Å². The van der Waals surface area contributed by atoms with Crippen LogP contribution in [0.5, 0.6) is 11.6 Å². The molecule has 0 aliphatic carbocycles. The summed E-state index contributed by atoms with van der Waals surface area (Å²) in [5, 5.41) is 11.3. The molecule has 0 spiro atoms. The molecular weight excluding hydrogens is 350 g/mol. The molecule has 28 heavy (non-hydrogen) atoms. The van der Waals surface area contributed by atoms with Crippen molar-refractivity contribution in [3.8, 4) is 29.0 Å². The molecule has 2 aromatic carbocycles. The third-order valence-corrected chi connectivity index (χ3v) is 4.21. The summed E-state index contributed by atoms with van der Waals surface area (Å²) in [4.78, 5) is 16.8. The van der Waals surface area contributed by atoms with Gasteiger partial charge in [-0.15, -0.1) is 0 Å². The van der Waals surface area contributed by atoms with Crippen LogP contribution in [0.15, 0.2) is 60.7 Å². The molecule has 0 bridgehead atoms. The van der Waals surface area contributed by atoms with E-state index in [0.717, 1.165) is 16.9 Å². The van der Waals surface area contributed by atoms with E-state index in [2.05, 4.69) is 16.4 Å². The molecule has 1 heterocycles. The van der Waals surface area contributed by atoms with Crippen LogP contribution < -0.4 is 10.1 Å². The number of pyridine rings is 1. The van der Waals surface area contributed by atoms with Gasteiger partial charge in [-0.05, 0) is 43.7 Å². The van der Waals surface area contributed by atoms with Crippen LogP contribution in [0.1, 0.15) is 27.9 Å². The van der Waals surface area contributed by atoms with Crippen LogP contribution in [0.4, 0.5) is 0 Å². The van der Waals surface area contributed by atoms with E-state index in [4.69, 9.17) is 10.00 Å². The highest BCUT2D eigenvalue weighted by atomic mass is 16.5. The lowest BCUT2D eigenvalue weighted by atomic mass is 10.1.